The number of amides is 1. The van der Waals surface area contributed by atoms with E-state index >= 15 is 0 Å². The molecule has 0 bridgehead atoms. The van der Waals surface area contributed by atoms with Crippen molar-refractivity contribution in [1.29, 1.82) is 0 Å². The highest BCUT2D eigenvalue weighted by Gasteiger charge is 2.19. The molecule has 2 N–H and O–H groups in total. The summed E-state index contributed by atoms with van der Waals surface area (Å²) in [6.45, 7) is 4.12. The Balaban J connectivity index is 3.98. The van der Waals surface area contributed by atoms with Crippen molar-refractivity contribution < 1.29 is 19.4 Å². The first-order chi connectivity index (χ1) is 7.47. The van der Waals surface area contributed by atoms with Gasteiger partial charge in [-0.1, -0.05) is 13.8 Å². The van der Waals surface area contributed by atoms with Crippen LogP contribution in [0.1, 0.15) is 20.3 Å². The molecule has 0 aromatic rings. The predicted molar refractivity (Wildman–Crippen MR) is 63.7 cm³/mol. The summed E-state index contributed by atoms with van der Waals surface area (Å²) in [4.78, 5) is 22.0. The van der Waals surface area contributed by atoms with Gasteiger partial charge in [0, 0.05) is 0 Å². The van der Waals surface area contributed by atoms with Crippen LogP contribution in [-0.4, -0.2) is 41.8 Å². The van der Waals surface area contributed by atoms with E-state index in [1.165, 1.54) is 11.8 Å². The van der Waals surface area contributed by atoms with E-state index in [0.717, 1.165) is 0 Å². The number of carbonyl (C=O) groups excluding carboxylic acids is 1. The minimum absolute atomic E-state index is 0.236. The third-order valence-corrected chi connectivity index (χ3v) is 2.39. The number of alkyl carbamates (subject to hydrolysis) is 1. The van der Waals surface area contributed by atoms with Crippen molar-refractivity contribution in [2.24, 2.45) is 5.92 Å². The van der Waals surface area contributed by atoms with Gasteiger partial charge in [0.25, 0.3) is 0 Å². The Kier molecular flexibility index (Phi) is 7.80. The fourth-order valence-electron chi connectivity index (χ4n) is 0.919. The van der Waals surface area contributed by atoms with E-state index in [1.807, 2.05) is 20.1 Å². The van der Waals surface area contributed by atoms with Gasteiger partial charge in [-0.15, -0.1) is 0 Å². The van der Waals surface area contributed by atoms with Gasteiger partial charge in [0.2, 0.25) is 0 Å². The summed E-state index contributed by atoms with van der Waals surface area (Å²) < 4.78 is 4.84. The lowest BCUT2D eigenvalue weighted by Gasteiger charge is -2.14. The molecule has 0 aliphatic rings. The molecular weight excluding hydrogens is 230 g/mol. The maximum absolute atomic E-state index is 11.2. The van der Waals surface area contributed by atoms with Crippen LogP contribution in [0, 0.1) is 5.92 Å². The molecule has 1 unspecified atom stereocenters. The molecule has 0 saturated heterocycles. The van der Waals surface area contributed by atoms with Crippen LogP contribution in [0.25, 0.3) is 0 Å². The second-order valence-corrected chi connectivity index (χ2v) is 4.79. The summed E-state index contributed by atoms with van der Waals surface area (Å²) in [5.41, 5.74) is 0. The number of aliphatic carboxylic acids is 1. The van der Waals surface area contributed by atoms with E-state index in [1.54, 1.807) is 0 Å². The number of hydrogen-bond donors (Lipinski definition) is 2. The Hall–Kier alpha value is -0.910. The Bertz CT molecular complexity index is 233. The van der Waals surface area contributed by atoms with Crippen molar-refractivity contribution in [3.05, 3.63) is 0 Å². The third kappa shape index (κ3) is 7.39. The Morgan fingerprint density at radius 2 is 2.06 bits per heavy atom. The van der Waals surface area contributed by atoms with Gasteiger partial charge in [-0.3, -0.25) is 0 Å². The molecule has 0 rings (SSSR count). The summed E-state index contributed by atoms with van der Waals surface area (Å²) in [7, 11) is 0. The van der Waals surface area contributed by atoms with Crippen LogP contribution in [0.5, 0.6) is 0 Å². The number of carbonyl (C=O) groups is 2. The van der Waals surface area contributed by atoms with Crippen molar-refractivity contribution in [3.8, 4) is 0 Å². The van der Waals surface area contributed by atoms with Gasteiger partial charge in [0.05, 0.1) is 6.61 Å². The quantitative estimate of drug-likeness (QED) is 0.716. The number of carboxylic acids is 1. The van der Waals surface area contributed by atoms with Gasteiger partial charge >= 0.3 is 12.1 Å². The molecule has 0 fully saturated rings. The molecule has 0 aliphatic heterocycles. The first-order valence-corrected chi connectivity index (χ1v) is 6.51. The third-order valence-electron chi connectivity index (χ3n) is 1.75. The molecule has 1 amide bonds. The number of nitrogens with one attached hydrogen (secondary N) is 1. The van der Waals surface area contributed by atoms with Gasteiger partial charge in [-0.05, 0) is 24.3 Å². The van der Waals surface area contributed by atoms with Crippen LogP contribution in [0.3, 0.4) is 0 Å². The fraction of sp³-hybridized carbons (Fsp3) is 0.800. The van der Waals surface area contributed by atoms with Gasteiger partial charge < -0.3 is 15.2 Å². The standard InChI is InChI=1S/C10H19NO4S/c1-7(2)6-15-10(14)11-8(9(12)13)4-5-16-3/h7-8H,4-6H2,1-3H3,(H,11,14)(H,12,13). The molecule has 0 radical (unpaired) electrons. The number of rotatable bonds is 7. The summed E-state index contributed by atoms with van der Waals surface area (Å²) in [5.74, 6) is -0.114. The fourth-order valence-corrected chi connectivity index (χ4v) is 1.39. The summed E-state index contributed by atoms with van der Waals surface area (Å²) in [6, 6.07) is -0.868. The minimum atomic E-state index is -1.03. The number of hydrogen-bond acceptors (Lipinski definition) is 4. The average Bonchev–Trinajstić information content (AvgIpc) is 2.20. The lowest BCUT2D eigenvalue weighted by atomic mass is 10.2. The number of thioether (sulfide) groups is 1. The largest absolute Gasteiger partial charge is 0.480 e. The summed E-state index contributed by atoms with van der Waals surface area (Å²) in [5, 5.41) is 11.2. The topological polar surface area (TPSA) is 75.6 Å². The lowest BCUT2D eigenvalue weighted by molar-refractivity contribution is -0.139. The Morgan fingerprint density at radius 3 is 2.50 bits per heavy atom. The second kappa shape index (κ2) is 8.27. The van der Waals surface area contributed by atoms with Gasteiger partial charge in [0.1, 0.15) is 6.04 Å². The van der Waals surface area contributed by atoms with E-state index in [0.29, 0.717) is 18.8 Å². The lowest BCUT2D eigenvalue weighted by Crippen LogP contribution is -2.41. The molecule has 0 aromatic heterocycles. The molecule has 0 heterocycles. The van der Waals surface area contributed by atoms with Crippen LogP contribution in [-0.2, 0) is 9.53 Å². The van der Waals surface area contributed by atoms with E-state index in [9.17, 15) is 9.59 Å². The first-order valence-electron chi connectivity index (χ1n) is 5.12. The van der Waals surface area contributed by atoms with Crippen LogP contribution in [0.2, 0.25) is 0 Å². The van der Waals surface area contributed by atoms with Crippen LogP contribution in [0.4, 0.5) is 4.79 Å². The first kappa shape index (κ1) is 15.1. The van der Waals surface area contributed by atoms with Gasteiger partial charge in [-0.2, -0.15) is 11.8 Å². The zero-order valence-corrected chi connectivity index (χ0v) is 10.7. The molecule has 16 heavy (non-hydrogen) atoms. The highest BCUT2D eigenvalue weighted by molar-refractivity contribution is 7.98. The molecule has 5 nitrogen and oxygen atoms in total. The molecule has 1 atom stereocenters. The molecular formula is C10H19NO4S. The number of carboxylic acid groups (broad SMARTS) is 1. The highest BCUT2D eigenvalue weighted by Crippen LogP contribution is 2.02. The summed E-state index contributed by atoms with van der Waals surface area (Å²) in [6.07, 6.45) is 1.62. The second-order valence-electron chi connectivity index (χ2n) is 3.81. The average molecular weight is 249 g/mol. The predicted octanol–water partition coefficient (Wildman–Crippen LogP) is 1.57. The molecule has 94 valence electrons. The van der Waals surface area contributed by atoms with Crippen molar-refractivity contribution in [1.82, 2.24) is 5.32 Å². The molecule has 0 saturated carbocycles. The molecule has 0 aromatic carbocycles. The maximum Gasteiger partial charge on any atom is 0.407 e. The Morgan fingerprint density at radius 1 is 1.44 bits per heavy atom. The highest BCUT2D eigenvalue weighted by atomic mass is 32.2. The zero-order chi connectivity index (χ0) is 12.6. The van der Waals surface area contributed by atoms with E-state index in [-0.39, 0.29) is 5.92 Å². The monoisotopic (exact) mass is 249 g/mol. The van der Waals surface area contributed by atoms with Crippen LogP contribution >= 0.6 is 11.8 Å². The SMILES string of the molecule is CSCCC(NC(=O)OCC(C)C)C(=O)O. The smallest absolute Gasteiger partial charge is 0.407 e. The normalized spacial score (nSPS) is 12.2. The Labute approximate surface area is 99.9 Å². The zero-order valence-electron chi connectivity index (χ0n) is 9.86. The maximum atomic E-state index is 11.2. The van der Waals surface area contributed by atoms with E-state index in [2.05, 4.69) is 5.32 Å². The van der Waals surface area contributed by atoms with Crippen molar-refractivity contribution in [3.63, 3.8) is 0 Å². The molecule has 0 spiro atoms. The molecule has 6 heteroatoms. The van der Waals surface area contributed by atoms with Crippen molar-refractivity contribution >= 4 is 23.8 Å². The molecule has 0 aliphatic carbocycles. The van der Waals surface area contributed by atoms with Gasteiger partial charge in [-0.25, -0.2) is 9.59 Å². The van der Waals surface area contributed by atoms with E-state index < -0.39 is 18.1 Å². The van der Waals surface area contributed by atoms with Crippen molar-refractivity contribution in [2.75, 3.05) is 18.6 Å². The van der Waals surface area contributed by atoms with Crippen LogP contribution < -0.4 is 5.32 Å². The van der Waals surface area contributed by atoms with E-state index in [4.69, 9.17) is 9.84 Å². The number of ether oxygens (including phenoxy) is 1. The van der Waals surface area contributed by atoms with Gasteiger partial charge in [0.15, 0.2) is 0 Å². The van der Waals surface area contributed by atoms with Crippen molar-refractivity contribution in [2.45, 2.75) is 26.3 Å². The van der Waals surface area contributed by atoms with Crippen LogP contribution in [0.15, 0.2) is 0 Å². The summed E-state index contributed by atoms with van der Waals surface area (Å²) >= 11 is 1.54. The minimum Gasteiger partial charge on any atom is -0.480 e.